The molecule has 0 spiro atoms. The van der Waals surface area contributed by atoms with Gasteiger partial charge in [0.05, 0.1) is 24.5 Å². The van der Waals surface area contributed by atoms with E-state index < -0.39 is 0 Å². The van der Waals surface area contributed by atoms with Crippen LogP contribution in [0, 0.1) is 0 Å². The highest BCUT2D eigenvalue weighted by atomic mass is 32.1. The molecule has 0 bridgehead atoms. The molecule has 0 aliphatic rings. The average Bonchev–Trinajstić information content (AvgIpc) is 3.45. The van der Waals surface area contributed by atoms with Gasteiger partial charge in [-0.1, -0.05) is 17.4 Å². The number of benzene rings is 2. The van der Waals surface area contributed by atoms with Crippen molar-refractivity contribution < 1.29 is 14.3 Å². The van der Waals surface area contributed by atoms with Crippen LogP contribution < -0.4 is 14.4 Å². The molecule has 0 radical (unpaired) electrons. The highest BCUT2D eigenvalue weighted by molar-refractivity contribution is 7.22. The number of nitrogens with zero attached hydrogens (tertiary/aromatic N) is 4. The number of amides is 1. The second-order valence-electron chi connectivity index (χ2n) is 6.72. The van der Waals surface area contributed by atoms with Crippen molar-refractivity contribution in [2.75, 3.05) is 24.7 Å². The van der Waals surface area contributed by atoms with Crippen molar-refractivity contribution in [2.24, 2.45) is 0 Å². The number of aromatic nitrogens is 3. The summed E-state index contributed by atoms with van der Waals surface area (Å²) in [6.45, 7) is 6.01. The third-order valence-electron chi connectivity index (χ3n) is 4.67. The Morgan fingerprint density at radius 2 is 1.87 bits per heavy atom. The van der Waals surface area contributed by atoms with Crippen LogP contribution in [0.2, 0.25) is 0 Å². The number of thiazole rings is 1. The first-order valence-corrected chi connectivity index (χ1v) is 11.1. The lowest BCUT2D eigenvalue weighted by Crippen LogP contribution is -2.34. The van der Waals surface area contributed by atoms with E-state index in [2.05, 4.69) is 5.10 Å². The number of anilines is 1. The zero-order valence-electron chi connectivity index (χ0n) is 17.5. The number of ether oxygens (including phenoxy) is 2. The predicted octanol–water partition coefficient (Wildman–Crippen LogP) is 4.64. The first-order valence-electron chi connectivity index (χ1n) is 10.2. The largest absolute Gasteiger partial charge is 0.494 e. The normalized spacial score (nSPS) is 10.9. The molecule has 4 aromatic rings. The van der Waals surface area contributed by atoms with Gasteiger partial charge in [-0.15, -0.1) is 0 Å². The van der Waals surface area contributed by atoms with Crippen LogP contribution in [-0.2, 0) is 6.54 Å². The Morgan fingerprint density at radius 3 is 2.58 bits per heavy atom. The van der Waals surface area contributed by atoms with E-state index in [1.807, 2.05) is 56.4 Å². The van der Waals surface area contributed by atoms with Crippen molar-refractivity contribution >= 4 is 32.6 Å². The number of fused-ring (bicyclic) bond motifs is 1. The van der Waals surface area contributed by atoms with E-state index in [-0.39, 0.29) is 5.91 Å². The number of para-hydroxylation sites is 1. The van der Waals surface area contributed by atoms with Gasteiger partial charge in [-0.2, -0.15) is 5.10 Å². The molecule has 0 N–H and O–H groups in total. The third-order valence-corrected chi connectivity index (χ3v) is 5.71. The molecule has 0 atom stereocenters. The van der Waals surface area contributed by atoms with Gasteiger partial charge in [-0.3, -0.25) is 14.4 Å². The fraction of sp³-hybridized carbons (Fsp3) is 0.261. The van der Waals surface area contributed by atoms with Gasteiger partial charge in [0.15, 0.2) is 5.13 Å². The standard InChI is InChI=1S/C23H24N4O3S/c1-3-29-18-11-9-17(10-12-18)22(28)27(16-15-26-14-6-13-24-26)23-25-21-19(30-4-2)7-5-8-20(21)31-23/h5-14H,3-4,15-16H2,1-2H3. The minimum atomic E-state index is -0.118. The number of carbonyl (C=O) groups is 1. The molecule has 1 amide bonds. The maximum Gasteiger partial charge on any atom is 0.260 e. The Labute approximate surface area is 184 Å². The molecule has 2 heterocycles. The molecule has 0 fully saturated rings. The molecule has 0 saturated heterocycles. The summed E-state index contributed by atoms with van der Waals surface area (Å²) in [5.74, 6) is 1.35. The molecule has 0 unspecified atom stereocenters. The summed E-state index contributed by atoms with van der Waals surface area (Å²) in [5.41, 5.74) is 1.35. The molecular formula is C23H24N4O3S. The smallest absolute Gasteiger partial charge is 0.260 e. The topological polar surface area (TPSA) is 69.5 Å². The van der Waals surface area contributed by atoms with Gasteiger partial charge in [0.2, 0.25) is 0 Å². The van der Waals surface area contributed by atoms with E-state index in [4.69, 9.17) is 14.5 Å². The maximum absolute atomic E-state index is 13.5. The number of hydrogen-bond donors (Lipinski definition) is 0. The highest BCUT2D eigenvalue weighted by Gasteiger charge is 2.22. The third kappa shape index (κ3) is 4.69. The molecule has 0 saturated carbocycles. The summed E-state index contributed by atoms with van der Waals surface area (Å²) in [5, 5.41) is 4.88. The first-order chi connectivity index (χ1) is 15.2. The van der Waals surface area contributed by atoms with E-state index in [0.29, 0.717) is 37.0 Å². The van der Waals surface area contributed by atoms with Gasteiger partial charge in [0.1, 0.15) is 17.0 Å². The summed E-state index contributed by atoms with van der Waals surface area (Å²) >= 11 is 1.48. The van der Waals surface area contributed by atoms with Gasteiger partial charge < -0.3 is 9.47 Å². The van der Waals surface area contributed by atoms with Gasteiger partial charge in [0, 0.05) is 24.5 Å². The average molecular weight is 437 g/mol. The lowest BCUT2D eigenvalue weighted by atomic mass is 10.2. The quantitative estimate of drug-likeness (QED) is 0.382. The monoisotopic (exact) mass is 436 g/mol. The molecule has 0 aliphatic heterocycles. The van der Waals surface area contributed by atoms with Crippen molar-refractivity contribution in [3.05, 3.63) is 66.5 Å². The van der Waals surface area contributed by atoms with Crippen molar-refractivity contribution in [3.8, 4) is 11.5 Å². The summed E-state index contributed by atoms with van der Waals surface area (Å²) in [6.07, 6.45) is 3.61. The minimum absolute atomic E-state index is 0.118. The van der Waals surface area contributed by atoms with Gasteiger partial charge >= 0.3 is 0 Å². The van der Waals surface area contributed by atoms with Gasteiger partial charge in [0.25, 0.3) is 5.91 Å². The van der Waals surface area contributed by atoms with Crippen LogP contribution in [0.25, 0.3) is 10.2 Å². The fourth-order valence-electron chi connectivity index (χ4n) is 3.23. The Hall–Kier alpha value is -3.39. The molecule has 2 aromatic heterocycles. The van der Waals surface area contributed by atoms with E-state index >= 15 is 0 Å². The summed E-state index contributed by atoms with van der Waals surface area (Å²) in [7, 11) is 0. The Kier molecular flexibility index (Phi) is 6.47. The minimum Gasteiger partial charge on any atom is -0.494 e. The van der Waals surface area contributed by atoms with Gasteiger partial charge in [-0.25, -0.2) is 4.98 Å². The molecule has 2 aromatic carbocycles. The summed E-state index contributed by atoms with van der Waals surface area (Å²) < 4.78 is 14.0. The number of rotatable bonds is 9. The molecule has 31 heavy (non-hydrogen) atoms. The van der Waals surface area contributed by atoms with E-state index in [0.717, 1.165) is 21.7 Å². The zero-order chi connectivity index (χ0) is 21.6. The second-order valence-corrected chi connectivity index (χ2v) is 7.72. The van der Waals surface area contributed by atoms with Crippen LogP contribution in [-0.4, -0.2) is 40.4 Å². The second kappa shape index (κ2) is 9.61. The van der Waals surface area contributed by atoms with E-state index in [1.165, 1.54) is 11.3 Å². The Morgan fingerprint density at radius 1 is 1.06 bits per heavy atom. The highest BCUT2D eigenvalue weighted by Crippen LogP contribution is 2.35. The molecule has 8 heteroatoms. The van der Waals surface area contributed by atoms with E-state index in [1.54, 1.807) is 27.9 Å². The lowest BCUT2D eigenvalue weighted by Gasteiger charge is -2.20. The van der Waals surface area contributed by atoms with Crippen LogP contribution in [0.4, 0.5) is 5.13 Å². The lowest BCUT2D eigenvalue weighted by molar-refractivity contribution is 0.0985. The zero-order valence-corrected chi connectivity index (χ0v) is 18.3. The molecular weight excluding hydrogens is 412 g/mol. The van der Waals surface area contributed by atoms with Crippen molar-refractivity contribution in [1.29, 1.82) is 0 Å². The van der Waals surface area contributed by atoms with Crippen LogP contribution in [0.15, 0.2) is 60.9 Å². The molecule has 160 valence electrons. The van der Waals surface area contributed by atoms with E-state index in [9.17, 15) is 4.79 Å². The van der Waals surface area contributed by atoms with Crippen LogP contribution in [0.1, 0.15) is 24.2 Å². The summed E-state index contributed by atoms with van der Waals surface area (Å²) in [4.78, 5) is 19.9. The van der Waals surface area contributed by atoms with Crippen molar-refractivity contribution in [2.45, 2.75) is 20.4 Å². The predicted molar refractivity (Wildman–Crippen MR) is 122 cm³/mol. The SMILES string of the molecule is CCOc1ccc(C(=O)N(CCn2cccn2)c2nc3c(OCC)cccc3s2)cc1. The maximum atomic E-state index is 13.5. The molecule has 7 nitrogen and oxygen atoms in total. The first kappa shape index (κ1) is 20.9. The molecule has 4 rings (SSSR count). The van der Waals surface area contributed by atoms with Crippen LogP contribution in [0.5, 0.6) is 11.5 Å². The fourth-order valence-corrected chi connectivity index (χ4v) is 4.24. The molecule has 0 aliphatic carbocycles. The van der Waals surface area contributed by atoms with Gasteiger partial charge in [-0.05, 0) is 56.3 Å². The Balaban J connectivity index is 1.67. The number of carbonyl (C=O) groups excluding carboxylic acids is 1. The number of hydrogen-bond acceptors (Lipinski definition) is 6. The summed E-state index contributed by atoms with van der Waals surface area (Å²) in [6, 6.07) is 14.9. The van der Waals surface area contributed by atoms with Crippen molar-refractivity contribution in [3.63, 3.8) is 0 Å². The van der Waals surface area contributed by atoms with Crippen LogP contribution >= 0.6 is 11.3 Å². The van der Waals surface area contributed by atoms with Crippen molar-refractivity contribution in [1.82, 2.24) is 14.8 Å². The van der Waals surface area contributed by atoms with Crippen LogP contribution in [0.3, 0.4) is 0 Å². The Bertz CT molecular complexity index is 1140.